The number of carboxylic acid groups (broad SMARTS) is 1. The predicted octanol–water partition coefficient (Wildman–Crippen LogP) is 4.08. The van der Waals surface area contributed by atoms with Gasteiger partial charge in [-0.1, -0.05) is 6.07 Å². The number of hydrogen-bond acceptors (Lipinski definition) is 3. The van der Waals surface area contributed by atoms with Crippen molar-refractivity contribution >= 4 is 5.97 Å². The fourth-order valence-corrected chi connectivity index (χ4v) is 1.54. The van der Waals surface area contributed by atoms with E-state index in [2.05, 4.69) is 4.74 Å². The fraction of sp³-hybridized carbons (Fsp3) is 0.0714. The summed E-state index contributed by atoms with van der Waals surface area (Å²) in [5.41, 5.74) is 0.0801. The third kappa shape index (κ3) is 4.41. The van der Waals surface area contributed by atoms with Crippen molar-refractivity contribution in [2.45, 2.75) is 6.36 Å². The molecule has 0 saturated heterocycles. The Hall–Kier alpha value is -2.70. The van der Waals surface area contributed by atoms with Crippen LogP contribution in [0.2, 0.25) is 0 Å². The number of rotatable bonds is 4. The van der Waals surface area contributed by atoms with E-state index in [1.54, 1.807) is 0 Å². The minimum atomic E-state index is -4.78. The Labute approximate surface area is 117 Å². The number of halogens is 3. The third-order valence-electron chi connectivity index (χ3n) is 2.38. The van der Waals surface area contributed by atoms with Gasteiger partial charge in [0.05, 0.1) is 5.56 Å². The molecule has 1 N–H and O–H groups in total. The van der Waals surface area contributed by atoms with E-state index in [1.165, 1.54) is 36.4 Å². The van der Waals surface area contributed by atoms with Gasteiger partial charge < -0.3 is 14.6 Å². The molecular formula is C14H9F3O4. The van der Waals surface area contributed by atoms with Gasteiger partial charge >= 0.3 is 12.3 Å². The van der Waals surface area contributed by atoms with Gasteiger partial charge in [0, 0.05) is 6.07 Å². The fourth-order valence-electron chi connectivity index (χ4n) is 1.54. The Bertz CT molecular complexity index is 635. The number of benzene rings is 2. The minimum Gasteiger partial charge on any atom is -0.478 e. The summed E-state index contributed by atoms with van der Waals surface area (Å²) < 4.78 is 45.4. The molecule has 0 atom stereocenters. The van der Waals surface area contributed by atoms with Gasteiger partial charge in [0.1, 0.15) is 17.2 Å². The standard InChI is InChI=1S/C14H9F3O4/c15-14(16,17)21-12-3-1-2-11(8-12)20-10-6-4-9(5-7-10)13(18)19/h1-8H,(H,18,19). The molecule has 21 heavy (non-hydrogen) atoms. The molecule has 0 unspecified atom stereocenters. The number of carbonyl (C=O) groups is 1. The van der Waals surface area contributed by atoms with Crippen molar-refractivity contribution in [2.24, 2.45) is 0 Å². The van der Waals surface area contributed by atoms with Crippen LogP contribution in [0.1, 0.15) is 10.4 Å². The summed E-state index contributed by atoms with van der Waals surface area (Å²) in [5.74, 6) is -1.05. The summed E-state index contributed by atoms with van der Waals surface area (Å²) in [6, 6.07) is 10.5. The van der Waals surface area contributed by atoms with E-state index in [1.807, 2.05) is 0 Å². The van der Waals surface area contributed by atoms with E-state index in [-0.39, 0.29) is 11.3 Å². The Kier molecular flexibility index (Phi) is 4.02. The average Bonchev–Trinajstić information content (AvgIpc) is 2.37. The Morgan fingerprint density at radius 1 is 0.952 bits per heavy atom. The first-order valence-corrected chi connectivity index (χ1v) is 5.70. The molecule has 0 aromatic heterocycles. The average molecular weight is 298 g/mol. The summed E-state index contributed by atoms with van der Waals surface area (Å²) in [4.78, 5) is 10.7. The SMILES string of the molecule is O=C(O)c1ccc(Oc2cccc(OC(F)(F)F)c2)cc1. The number of carboxylic acids is 1. The molecule has 4 nitrogen and oxygen atoms in total. The van der Waals surface area contributed by atoms with Gasteiger partial charge in [0.25, 0.3) is 0 Å². The van der Waals surface area contributed by atoms with Crippen LogP contribution in [0.4, 0.5) is 13.2 Å². The Balaban J connectivity index is 2.12. The first kappa shape index (κ1) is 14.7. The Morgan fingerprint density at radius 3 is 2.14 bits per heavy atom. The lowest BCUT2D eigenvalue weighted by Crippen LogP contribution is -2.16. The van der Waals surface area contributed by atoms with Crippen molar-refractivity contribution in [3.8, 4) is 17.2 Å². The van der Waals surface area contributed by atoms with Crippen LogP contribution >= 0.6 is 0 Å². The van der Waals surface area contributed by atoms with Gasteiger partial charge in [0.15, 0.2) is 0 Å². The summed E-state index contributed by atoms with van der Waals surface area (Å²) in [7, 11) is 0. The van der Waals surface area contributed by atoms with Crippen LogP contribution in [0, 0.1) is 0 Å². The van der Waals surface area contributed by atoms with Crippen molar-refractivity contribution in [1.29, 1.82) is 0 Å². The molecule has 7 heteroatoms. The number of alkyl halides is 3. The molecule has 0 heterocycles. The zero-order chi connectivity index (χ0) is 15.5. The maximum Gasteiger partial charge on any atom is 0.573 e. The van der Waals surface area contributed by atoms with Crippen LogP contribution in [0.15, 0.2) is 48.5 Å². The van der Waals surface area contributed by atoms with Crippen LogP contribution in [0.5, 0.6) is 17.2 Å². The highest BCUT2D eigenvalue weighted by Crippen LogP contribution is 2.28. The topological polar surface area (TPSA) is 55.8 Å². The van der Waals surface area contributed by atoms with Gasteiger partial charge in [-0.15, -0.1) is 13.2 Å². The summed E-state index contributed by atoms with van der Waals surface area (Å²) in [6.45, 7) is 0. The lowest BCUT2D eigenvalue weighted by molar-refractivity contribution is -0.274. The molecule has 0 saturated carbocycles. The van der Waals surface area contributed by atoms with Gasteiger partial charge in [-0.25, -0.2) is 4.79 Å². The third-order valence-corrected chi connectivity index (χ3v) is 2.38. The molecule has 110 valence electrons. The van der Waals surface area contributed by atoms with Crippen LogP contribution < -0.4 is 9.47 Å². The van der Waals surface area contributed by atoms with Crippen molar-refractivity contribution in [3.63, 3.8) is 0 Å². The van der Waals surface area contributed by atoms with Gasteiger partial charge in [-0.05, 0) is 36.4 Å². The van der Waals surface area contributed by atoms with Crippen molar-refractivity contribution in [3.05, 3.63) is 54.1 Å². The highest BCUT2D eigenvalue weighted by atomic mass is 19.4. The van der Waals surface area contributed by atoms with E-state index < -0.39 is 18.1 Å². The van der Waals surface area contributed by atoms with Crippen molar-refractivity contribution in [2.75, 3.05) is 0 Å². The molecule has 0 fully saturated rings. The van der Waals surface area contributed by atoms with Gasteiger partial charge in [0.2, 0.25) is 0 Å². The molecule has 0 aliphatic heterocycles. The lowest BCUT2D eigenvalue weighted by Gasteiger charge is -2.10. The highest BCUT2D eigenvalue weighted by Gasteiger charge is 2.31. The smallest absolute Gasteiger partial charge is 0.478 e. The second-order valence-electron chi connectivity index (χ2n) is 3.95. The monoisotopic (exact) mass is 298 g/mol. The zero-order valence-corrected chi connectivity index (χ0v) is 10.4. The van der Waals surface area contributed by atoms with E-state index in [0.29, 0.717) is 5.75 Å². The quantitative estimate of drug-likeness (QED) is 0.924. The molecule has 0 aliphatic carbocycles. The van der Waals surface area contributed by atoms with Gasteiger partial charge in [-0.2, -0.15) is 0 Å². The first-order chi connectivity index (χ1) is 9.83. The molecule has 0 amide bonds. The van der Waals surface area contributed by atoms with Crippen molar-refractivity contribution in [1.82, 2.24) is 0 Å². The second kappa shape index (κ2) is 5.74. The molecule has 2 rings (SSSR count). The molecule has 0 spiro atoms. The molecule has 0 radical (unpaired) electrons. The van der Waals surface area contributed by atoms with E-state index in [4.69, 9.17) is 9.84 Å². The maximum absolute atomic E-state index is 12.1. The van der Waals surface area contributed by atoms with Crippen LogP contribution in [0.25, 0.3) is 0 Å². The van der Waals surface area contributed by atoms with Crippen molar-refractivity contribution < 1.29 is 32.5 Å². The van der Waals surface area contributed by atoms with E-state index in [9.17, 15) is 18.0 Å². The molecule has 2 aromatic carbocycles. The summed E-state index contributed by atoms with van der Waals surface area (Å²) in [5, 5.41) is 8.75. The highest BCUT2D eigenvalue weighted by molar-refractivity contribution is 5.87. The van der Waals surface area contributed by atoms with Crippen LogP contribution in [-0.2, 0) is 0 Å². The molecule has 2 aromatic rings. The van der Waals surface area contributed by atoms with E-state index >= 15 is 0 Å². The molecule has 0 bridgehead atoms. The van der Waals surface area contributed by atoms with Crippen LogP contribution in [-0.4, -0.2) is 17.4 Å². The predicted molar refractivity (Wildman–Crippen MR) is 66.6 cm³/mol. The minimum absolute atomic E-state index is 0.0801. The van der Waals surface area contributed by atoms with Gasteiger partial charge in [-0.3, -0.25) is 0 Å². The number of ether oxygens (including phenoxy) is 2. The Morgan fingerprint density at radius 2 is 1.57 bits per heavy atom. The lowest BCUT2D eigenvalue weighted by atomic mass is 10.2. The maximum atomic E-state index is 12.1. The molecular weight excluding hydrogens is 289 g/mol. The molecule has 0 aliphatic rings. The zero-order valence-electron chi connectivity index (χ0n) is 10.4. The number of hydrogen-bond donors (Lipinski definition) is 1. The number of aromatic carboxylic acids is 1. The normalized spacial score (nSPS) is 11.0. The van der Waals surface area contributed by atoms with Crippen LogP contribution in [0.3, 0.4) is 0 Å². The summed E-state index contributed by atoms with van der Waals surface area (Å²) >= 11 is 0. The summed E-state index contributed by atoms with van der Waals surface area (Å²) in [6.07, 6.45) is -4.78. The largest absolute Gasteiger partial charge is 0.573 e. The van der Waals surface area contributed by atoms with E-state index in [0.717, 1.165) is 12.1 Å². The first-order valence-electron chi connectivity index (χ1n) is 5.70. The second-order valence-corrected chi connectivity index (χ2v) is 3.95.